The summed E-state index contributed by atoms with van der Waals surface area (Å²) in [6, 6.07) is 16.5. The van der Waals surface area contributed by atoms with E-state index in [0.29, 0.717) is 15.6 Å². The van der Waals surface area contributed by atoms with Crippen LogP contribution < -0.4 is 10.6 Å². The van der Waals surface area contributed by atoms with Crippen LogP contribution in [0.5, 0.6) is 0 Å². The van der Waals surface area contributed by atoms with Crippen molar-refractivity contribution in [3.8, 4) is 0 Å². The number of hydrogen-bond donors (Lipinski definition) is 2. The van der Waals surface area contributed by atoms with Crippen LogP contribution in [0, 0.1) is 0 Å². The number of amides is 1. The van der Waals surface area contributed by atoms with Gasteiger partial charge in [0.05, 0.1) is 5.56 Å². The van der Waals surface area contributed by atoms with E-state index in [-0.39, 0.29) is 5.91 Å². The van der Waals surface area contributed by atoms with Crippen molar-refractivity contribution in [2.24, 2.45) is 0 Å². The van der Waals surface area contributed by atoms with Gasteiger partial charge in [-0.2, -0.15) is 0 Å². The highest BCUT2D eigenvalue weighted by Gasteiger charge is 2.06. The predicted molar refractivity (Wildman–Crippen MR) is 107 cm³/mol. The number of benzene rings is 2. The molecule has 0 fully saturated rings. The molecular weight excluding hydrogens is 369 g/mol. The molecule has 0 saturated carbocycles. The minimum atomic E-state index is -0.184. The Morgan fingerprint density at radius 2 is 1.77 bits per heavy atom. The van der Waals surface area contributed by atoms with Crippen LogP contribution in [0.2, 0.25) is 10.0 Å². The number of rotatable bonds is 6. The largest absolute Gasteiger partial charge is 0.385 e. The van der Waals surface area contributed by atoms with Crippen molar-refractivity contribution in [3.05, 3.63) is 88.2 Å². The third kappa shape index (κ3) is 4.97. The van der Waals surface area contributed by atoms with Gasteiger partial charge in [-0.1, -0.05) is 29.3 Å². The Balaban J connectivity index is 1.52. The highest BCUT2D eigenvalue weighted by atomic mass is 35.5. The molecule has 0 aliphatic carbocycles. The zero-order valence-corrected chi connectivity index (χ0v) is 15.4. The Hall–Kier alpha value is -2.56. The maximum Gasteiger partial charge on any atom is 0.257 e. The van der Waals surface area contributed by atoms with E-state index in [9.17, 15) is 4.79 Å². The standard InChI is InChI=1S/C20H17Cl2N3O/c21-16-4-3-14(19(22)12-16)9-11-24-17-5-7-18(8-6-17)25-20(26)15-2-1-10-23-13-15/h1-8,10,12-13,24H,9,11H2,(H,25,26). The summed E-state index contributed by atoms with van der Waals surface area (Å²) in [6.07, 6.45) is 3.96. The highest BCUT2D eigenvalue weighted by molar-refractivity contribution is 6.35. The Kier molecular flexibility index (Phi) is 6.10. The molecule has 26 heavy (non-hydrogen) atoms. The topological polar surface area (TPSA) is 54.0 Å². The summed E-state index contributed by atoms with van der Waals surface area (Å²) in [4.78, 5) is 16.0. The van der Waals surface area contributed by atoms with Crippen LogP contribution in [0.4, 0.5) is 11.4 Å². The molecule has 0 spiro atoms. The van der Waals surface area contributed by atoms with E-state index in [1.807, 2.05) is 36.4 Å². The average molecular weight is 386 g/mol. The number of halogens is 2. The summed E-state index contributed by atoms with van der Waals surface area (Å²) in [7, 11) is 0. The second-order valence-electron chi connectivity index (χ2n) is 5.69. The first kappa shape index (κ1) is 18.2. The molecule has 0 bridgehead atoms. The normalized spacial score (nSPS) is 10.4. The number of nitrogens with one attached hydrogen (secondary N) is 2. The van der Waals surface area contributed by atoms with Crippen molar-refractivity contribution in [1.29, 1.82) is 0 Å². The summed E-state index contributed by atoms with van der Waals surface area (Å²) in [5.74, 6) is -0.184. The Labute approximate surface area is 162 Å². The summed E-state index contributed by atoms with van der Waals surface area (Å²) in [5.41, 5.74) is 3.26. The van der Waals surface area contributed by atoms with E-state index in [1.165, 1.54) is 6.20 Å². The first-order valence-electron chi connectivity index (χ1n) is 8.11. The number of aromatic nitrogens is 1. The van der Waals surface area contributed by atoms with E-state index in [0.717, 1.165) is 29.9 Å². The van der Waals surface area contributed by atoms with Crippen molar-refractivity contribution in [3.63, 3.8) is 0 Å². The molecule has 0 aliphatic heterocycles. The third-order valence-corrected chi connectivity index (χ3v) is 4.39. The lowest BCUT2D eigenvalue weighted by Gasteiger charge is -2.10. The summed E-state index contributed by atoms with van der Waals surface area (Å²) in [5, 5.41) is 7.49. The molecular formula is C20H17Cl2N3O. The van der Waals surface area contributed by atoms with Crippen molar-refractivity contribution < 1.29 is 4.79 Å². The van der Waals surface area contributed by atoms with E-state index in [2.05, 4.69) is 15.6 Å². The van der Waals surface area contributed by atoms with Gasteiger partial charge < -0.3 is 10.6 Å². The number of carbonyl (C=O) groups is 1. The van der Waals surface area contributed by atoms with Gasteiger partial charge in [-0.3, -0.25) is 9.78 Å². The van der Waals surface area contributed by atoms with Crippen LogP contribution in [0.15, 0.2) is 67.0 Å². The van der Waals surface area contributed by atoms with Crippen LogP contribution in [-0.2, 0) is 6.42 Å². The zero-order chi connectivity index (χ0) is 18.4. The number of anilines is 2. The number of hydrogen-bond acceptors (Lipinski definition) is 3. The molecule has 4 nitrogen and oxygen atoms in total. The van der Waals surface area contributed by atoms with E-state index >= 15 is 0 Å². The summed E-state index contributed by atoms with van der Waals surface area (Å²) in [6.45, 7) is 0.739. The molecule has 0 unspecified atom stereocenters. The lowest BCUT2D eigenvalue weighted by Crippen LogP contribution is -2.12. The third-order valence-electron chi connectivity index (χ3n) is 3.81. The summed E-state index contributed by atoms with van der Waals surface area (Å²) >= 11 is 12.1. The van der Waals surface area contributed by atoms with Crippen molar-refractivity contribution in [1.82, 2.24) is 4.98 Å². The minimum Gasteiger partial charge on any atom is -0.385 e. The zero-order valence-electron chi connectivity index (χ0n) is 13.9. The Morgan fingerprint density at radius 1 is 1.00 bits per heavy atom. The van der Waals surface area contributed by atoms with Crippen molar-refractivity contribution in [2.75, 3.05) is 17.2 Å². The van der Waals surface area contributed by atoms with Gasteiger partial charge in [0, 0.05) is 40.4 Å². The Morgan fingerprint density at radius 3 is 2.46 bits per heavy atom. The van der Waals surface area contributed by atoms with Gasteiger partial charge in [-0.15, -0.1) is 0 Å². The average Bonchev–Trinajstić information content (AvgIpc) is 2.65. The van der Waals surface area contributed by atoms with Crippen molar-refractivity contribution >= 4 is 40.5 Å². The molecule has 2 aromatic carbocycles. The van der Waals surface area contributed by atoms with Crippen LogP contribution in [0.1, 0.15) is 15.9 Å². The lowest BCUT2D eigenvalue weighted by atomic mass is 10.1. The van der Waals surface area contributed by atoms with Crippen molar-refractivity contribution in [2.45, 2.75) is 6.42 Å². The highest BCUT2D eigenvalue weighted by Crippen LogP contribution is 2.21. The van der Waals surface area contributed by atoms with Gasteiger partial charge in [0.15, 0.2) is 0 Å². The minimum absolute atomic E-state index is 0.184. The summed E-state index contributed by atoms with van der Waals surface area (Å²) < 4.78 is 0. The van der Waals surface area contributed by atoms with Gasteiger partial charge >= 0.3 is 0 Å². The van der Waals surface area contributed by atoms with Gasteiger partial charge in [-0.25, -0.2) is 0 Å². The molecule has 1 heterocycles. The monoisotopic (exact) mass is 385 g/mol. The molecule has 2 N–H and O–H groups in total. The number of carbonyl (C=O) groups excluding carboxylic acids is 1. The van der Waals surface area contributed by atoms with Crippen LogP contribution >= 0.6 is 23.2 Å². The van der Waals surface area contributed by atoms with Crippen LogP contribution in [0.3, 0.4) is 0 Å². The molecule has 0 radical (unpaired) electrons. The number of nitrogens with zero attached hydrogens (tertiary/aromatic N) is 1. The van der Waals surface area contributed by atoms with Gasteiger partial charge in [0.25, 0.3) is 5.91 Å². The molecule has 6 heteroatoms. The molecule has 3 rings (SSSR count). The molecule has 1 aromatic heterocycles. The van der Waals surface area contributed by atoms with E-state index in [4.69, 9.17) is 23.2 Å². The predicted octanol–water partition coefficient (Wildman–Crippen LogP) is 5.30. The first-order valence-corrected chi connectivity index (χ1v) is 8.86. The molecule has 132 valence electrons. The second kappa shape index (κ2) is 8.70. The van der Waals surface area contributed by atoms with Gasteiger partial charge in [-0.05, 0) is 60.5 Å². The lowest BCUT2D eigenvalue weighted by molar-refractivity contribution is 0.102. The van der Waals surface area contributed by atoms with Crippen LogP contribution in [0.25, 0.3) is 0 Å². The van der Waals surface area contributed by atoms with E-state index in [1.54, 1.807) is 24.4 Å². The smallest absolute Gasteiger partial charge is 0.257 e. The molecule has 0 aliphatic rings. The molecule has 3 aromatic rings. The molecule has 1 amide bonds. The fourth-order valence-corrected chi connectivity index (χ4v) is 2.94. The van der Waals surface area contributed by atoms with E-state index < -0.39 is 0 Å². The van der Waals surface area contributed by atoms with Crippen LogP contribution in [-0.4, -0.2) is 17.4 Å². The maximum atomic E-state index is 12.1. The Bertz CT molecular complexity index is 883. The maximum absolute atomic E-state index is 12.1. The number of pyridine rings is 1. The quantitative estimate of drug-likeness (QED) is 0.605. The first-order chi connectivity index (χ1) is 12.6. The second-order valence-corrected chi connectivity index (χ2v) is 6.53. The fourth-order valence-electron chi connectivity index (χ4n) is 2.44. The van der Waals surface area contributed by atoms with Gasteiger partial charge in [0.2, 0.25) is 0 Å². The fraction of sp³-hybridized carbons (Fsp3) is 0.100. The van der Waals surface area contributed by atoms with Gasteiger partial charge in [0.1, 0.15) is 0 Å². The molecule has 0 atom stereocenters. The SMILES string of the molecule is O=C(Nc1ccc(NCCc2ccc(Cl)cc2Cl)cc1)c1cccnc1. The molecule has 0 saturated heterocycles.